The van der Waals surface area contributed by atoms with Crippen molar-refractivity contribution in [3.63, 3.8) is 0 Å². The molecule has 1 aromatic carbocycles. The van der Waals surface area contributed by atoms with E-state index in [-0.39, 0.29) is 23.1 Å². The molecule has 2 N–H and O–H groups in total. The topological polar surface area (TPSA) is 125 Å². The van der Waals surface area contributed by atoms with Gasteiger partial charge in [0.15, 0.2) is 0 Å². The van der Waals surface area contributed by atoms with Crippen LogP contribution in [-0.4, -0.2) is 67.2 Å². The minimum atomic E-state index is -1.02. The number of amides is 1. The van der Waals surface area contributed by atoms with Crippen molar-refractivity contribution in [1.29, 1.82) is 0 Å². The van der Waals surface area contributed by atoms with E-state index in [1.807, 2.05) is 24.8 Å². The average Bonchev–Trinajstić information content (AvgIpc) is 3.36. The second kappa shape index (κ2) is 10.2. The zero-order valence-corrected chi connectivity index (χ0v) is 22.4. The Morgan fingerprint density at radius 3 is 2.46 bits per heavy atom. The van der Waals surface area contributed by atoms with Gasteiger partial charge >= 0.3 is 5.97 Å². The molecule has 0 radical (unpaired) electrons. The lowest BCUT2D eigenvalue weighted by molar-refractivity contribution is 0.0696. The first-order valence-electron chi connectivity index (χ1n) is 12.8. The molecule has 0 spiro atoms. The number of aromatic carboxylic acids is 1. The highest BCUT2D eigenvalue weighted by Gasteiger charge is 2.26. The molecule has 0 aliphatic carbocycles. The Bertz CT molecular complexity index is 1630. The molecule has 1 saturated heterocycles. The maximum atomic E-state index is 13.5. The summed E-state index contributed by atoms with van der Waals surface area (Å²) in [5.74, 6) is -0.491. The van der Waals surface area contributed by atoms with Crippen LogP contribution < -0.4 is 15.8 Å². The number of benzene rings is 1. The molecule has 0 saturated carbocycles. The number of rotatable bonds is 6. The van der Waals surface area contributed by atoms with Crippen LogP contribution in [0.2, 0.25) is 0 Å². The summed E-state index contributed by atoms with van der Waals surface area (Å²) in [5, 5.41) is 17.0. The molecule has 5 rings (SSSR count). The van der Waals surface area contributed by atoms with Gasteiger partial charge in [0.2, 0.25) is 0 Å². The van der Waals surface area contributed by atoms with Crippen LogP contribution in [-0.2, 0) is 7.05 Å². The van der Waals surface area contributed by atoms with Crippen molar-refractivity contribution in [2.75, 3.05) is 36.4 Å². The molecular formula is C28H31N7O4. The largest absolute Gasteiger partial charge is 0.478 e. The highest BCUT2D eigenvalue weighted by molar-refractivity contribution is 5.94. The van der Waals surface area contributed by atoms with Crippen LogP contribution in [0.4, 0.5) is 11.5 Å². The summed E-state index contributed by atoms with van der Waals surface area (Å²) < 4.78 is 3.17. The molecule has 1 fully saturated rings. The van der Waals surface area contributed by atoms with E-state index in [2.05, 4.69) is 10.4 Å². The first-order chi connectivity index (χ1) is 18.6. The number of carboxylic acid groups (broad SMARTS) is 1. The van der Waals surface area contributed by atoms with Crippen LogP contribution in [0.25, 0.3) is 5.65 Å². The second-order valence-electron chi connectivity index (χ2n) is 9.93. The number of carboxylic acids is 1. The number of aryl methyl sites for hydroxylation is 2. The number of pyridine rings is 1. The van der Waals surface area contributed by atoms with Gasteiger partial charge in [-0.1, -0.05) is 12.1 Å². The molecule has 1 aliphatic rings. The van der Waals surface area contributed by atoms with Crippen LogP contribution in [0.15, 0.2) is 53.7 Å². The van der Waals surface area contributed by atoms with Gasteiger partial charge in [-0.3, -0.25) is 18.7 Å². The Morgan fingerprint density at radius 1 is 1.08 bits per heavy atom. The van der Waals surface area contributed by atoms with Gasteiger partial charge in [0, 0.05) is 56.9 Å². The van der Waals surface area contributed by atoms with Crippen molar-refractivity contribution < 1.29 is 14.7 Å². The Labute approximate surface area is 225 Å². The Hall–Kier alpha value is -4.67. The monoisotopic (exact) mass is 529 g/mol. The third kappa shape index (κ3) is 4.95. The van der Waals surface area contributed by atoms with Crippen LogP contribution in [0.3, 0.4) is 0 Å². The average molecular weight is 530 g/mol. The molecule has 39 heavy (non-hydrogen) atoms. The Kier molecular flexibility index (Phi) is 6.81. The fourth-order valence-corrected chi connectivity index (χ4v) is 5.05. The van der Waals surface area contributed by atoms with E-state index in [0.29, 0.717) is 54.5 Å². The lowest BCUT2D eigenvalue weighted by Gasteiger charge is -2.36. The number of para-hydroxylation sites is 1. The number of nitrogens with zero attached hydrogens (tertiary/aromatic N) is 6. The lowest BCUT2D eigenvalue weighted by atomic mass is 10.1. The maximum absolute atomic E-state index is 13.5. The number of hydrogen-bond acceptors (Lipinski definition) is 7. The first-order valence-corrected chi connectivity index (χ1v) is 12.8. The summed E-state index contributed by atoms with van der Waals surface area (Å²) in [6, 6.07) is 8.36. The summed E-state index contributed by atoms with van der Waals surface area (Å²) >= 11 is 0. The van der Waals surface area contributed by atoms with Crippen LogP contribution in [0, 0.1) is 13.8 Å². The Morgan fingerprint density at radius 2 is 1.79 bits per heavy atom. The summed E-state index contributed by atoms with van der Waals surface area (Å²) in [4.78, 5) is 46.9. The van der Waals surface area contributed by atoms with Gasteiger partial charge in [-0.2, -0.15) is 5.10 Å². The summed E-state index contributed by atoms with van der Waals surface area (Å²) in [6.07, 6.45) is 5.05. The SMILES string of the molecule is Cc1cc([C@@H](C)Nc2ccccc2C(=O)O)c2nc(N3CCN(C(=O)c4cnn(C)c4)CC3)c(C)c(=O)n2c1. The number of carbonyl (C=O) groups excluding carboxylic acids is 1. The maximum Gasteiger partial charge on any atom is 0.337 e. The quantitative estimate of drug-likeness (QED) is 0.391. The van der Waals surface area contributed by atoms with Gasteiger partial charge in [-0.25, -0.2) is 9.78 Å². The fraction of sp³-hybridized carbons (Fsp3) is 0.321. The molecule has 3 aromatic heterocycles. The van der Waals surface area contributed by atoms with Gasteiger partial charge in [0.25, 0.3) is 11.5 Å². The predicted molar refractivity (Wildman–Crippen MR) is 148 cm³/mol. The molecule has 1 aliphatic heterocycles. The van der Waals surface area contributed by atoms with Crippen molar-refractivity contribution in [2.24, 2.45) is 7.05 Å². The predicted octanol–water partition coefficient (Wildman–Crippen LogP) is 2.88. The molecule has 1 amide bonds. The van der Waals surface area contributed by atoms with E-state index in [4.69, 9.17) is 4.98 Å². The van der Waals surface area contributed by atoms with E-state index in [9.17, 15) is 19.5 Å². The van der Waals surface area contributed by atoms with Gasteiger partial charge in [-0.05, 0) is 44.5 Å². The van der Waals surface area contributed by atoms with Gasteiger partial charge < -0.3 is 20.2 Å². The number of nitrogens with one attached hydrogen (secondary N) is 1. The molecule has 1 atom stereocenters. The normalized spacial score (nSPS) is 14.5. The van der Waals surface area contributed by atoms with E-state index in [0.717, 1.165) is 11.1 Å². The zero-order valence-electron chi connectivity index (χ0n) is 22.4. The van der Waals surface area contributed by atoms with Crippen molar-refractivity contribution >= 4 is 29.0 Å². The Balaban J connectivity index is 1.46. The summed E-state index contributed by atoms with van der Waals surface area (Å²) in [7, 11) is 1.78. The molecule has 11 nitrogen and oxygen atoms in total. The highest BCUT2D eigenvalue weighted by Crippen LogP contribution is 2.27. The second-order valence-corrected chi connectivity index (χ2v) is 9.93. The first kappa shape index (κ1) is 26.0. The number of carbonyl (C=O) groups is 2. The van der Waals surface area contributed by atoms with Crippen LogP contribution >= 0.6 is 0 Å². The van der Waals surface area contributed by atoms with Gasteiger partial charge in [0.1, 0.15) is 11.5 Å². The zero-order chi connectivity index (χ0) is 27.8. The number of aromatic nitrogens is 4. The third-order valence-corrected chi connectivity index (χ3v) is 7.10. The molecule has 0 bridgehead atoms. The molecule has 4 heterocycles. The van der Waals surface area contributed by atoms with Crippen molar-refractivity contribution in [3.8, 4) is 0 Å². The van der Waals surface area contributed by atoms with E-state index >= 15 is 0 Å². The minimum Gasteiger partial charge on any atom is -0.478 e. The van der Waals surface area contributed by atoms with Crippen LogP contribution in [0.1, 0.15) is 50.4 Å². The number of fused-ring (bicyclic) bond motifs is 1. The standard InChI is InChI=1S/C28H31N7O4/c1-17-13-22(19(3)30-23-8-6-5-7-21(23)28(38)39)25-31-24(18(2)26(36)35(25)15-17)33-9-11-34(12-10-33)27(37)20-14-29-32(4)16-20/h5-8,13-16,19,30H,9-12H2,1-4H3,(H,38,39)/t19-/m1/s1. The highest BCUT2D eigenvalue weighted by atomic mass is 16.4. The number of anilines is 2. The van der Waals surface area contributed by atoms with Gasteiger partial charge in [0.05, 0.1) is 28.9 Å². The van der Waals surface area contributed by atoms with E-state index < -0.39 is 5.97 Å². The lowest BCUT2D eigenvalue weighted by Crippen LogP contribution is -2.49. The minimum absolute atomic E-state index is 0.0645. The molecule has 4 aromatic rings. The van der Waals surface area contributed by atoms with Crippen LogP contribution in [0.5, 0.6) is 0 Å². The number of hydrogen-bond donors (Lipinski definition) is 2. The summed E-state index contributed by atoms with van der Waals surface area (Å²) in [6.45, 7) is 7.68. The van der Waals surface area contributed by atoms with Crippen molar-refractivity contribution in [3.05, 3.63) is 87.1 Å². The molecular weight excluding hydrogens is 498 g/mol. The molecule has 202 valence electrons. The number of piperazine rings is 1. The third-order valence-electron chi connectivity index (χ3n) is 7.10. The van der Waals surface area contributed by atoms with E-state index in [1.165, 1.54) is 0 Å². The van der Waals surface area contributed by atoms with Gasteiger partial charge in [-0.15, -0.1) is 0 Å². The smallest absolute Gasteiger partial charge is 0.337 e. The molecule has 11 heteroatoms. The molecule has 0 unspecified atom stereocenters. The fourth-order valence-electron chi connectivity index (χ4n) is 5.05. The summed E-state index contributed by atoms with van der Waals surface area (Å²) in [5.41, 5.74) is 3.75. The van der Waals surface area contributed by atoms with E-state index in [1.54, 1.807) is 70.8 Å². The van der Waals surface area contributed by atoms with Crippen molar-refractivity contribution in [2.45, 2.75) is 26.8 Å². The van der Waals surface area contributed by atoms with Crippen molar-refractivity contribution in [1.82, 2.24) is 24.1 Å².